The second kappa shape index (κ2) is 5.01. The number of phenolic OH excluding ortho intramolecular Hbond substituents is 1. The molecule has 1 aromatic carbocycles. The predicted molar refractivity (Wildman–Crippen MR) is 65.4 cm³/mol. The van der Waals surface area contributed by atoms with Crippen LogP contribution in [-0.4, -0.2) is 26.6 Å². The van der Waals surface area contributed by atoms with Crippen LogP contribution in [0.25, 0.3) is 5.69 Å². The molecule has 90 valence electrons. The summed E-state index contributed by atoms with van der Waals surface area (Å²) in [6, 6.07) is 7.11. The Balaban J connectivity index is 2.34. The van der Waals surface area contributed by atoms with Gasteiger partial charge in [0.05, 0.1) is 6.20 Å². The van der Waals surface area contributed by atoms with Crippen molar-refractivity contribution < 1.29 is 10.2 Å². The Morgan fingerprint density at radius 3 is 2.76 bits per heavy atom. The zero-order chi connectivity index (χ0) is 12.3. The van der Waals surface area contributed by atoms with Gasteiger partial charge in [-0.3, -0.25) is 0 Å². The van der Waals surface area contributed by atoms with E-state index in [9.17, 15) is 5.11 Å². The van der Waals surface area contributed by atoms with Crippen LogP contribution in [0.15, 0.2) is 30.5 Å². The van der Waals surface area contributed by atoms with Gasteiger partial charge in [0, 0.05) is 12.3 Å². The van der Waals surface area contributed by atoms with Crippen molar-refractivity contribution in [3.63, 3.8) is 0 Å². The molecule has 0 saturated heterocycles. The van der Waals surface area contributed by atoms with Crippen LogP contribution in [0.4, 0.5) is 0 Å². The lowest BCUT2D eigenvalue weighted by Gasteiger charge is -2.07. The highest BCUT2D eigenvalue weighted by molar-refractivity contribution is 5.46. The van der Waals surface area contributed by atoms with Crippen molar-refractivity contribution in [3.8, 4) is 11.4 Å². The summed E-state index contributed by atoms with van der Waals surface area (Å²) < 4.78 is 1.72. The van der Waals surface area contributed by atoms with Gasteiger partial charge in [-0.15, -0.1) is 0 Å². The fraction of sp³-hybridized carbons (Fsp3) is 0.308. The Morgan fingerprint density at radius 2 is 2.06 bits per heavy atom. The molecule has 0 saturated carbocycles. The van der Waals surface area contributed by atoms with Crippen molar-refractivity contribution in [2.45, 2.75) is 19.8 Å². The maximum atomic E-state index is 9.77. The maximum Gasteiger partial charge on any atom is 0.141 e. The first kappa shape index (κ1) is 11.7. The van der Waals surface area contributed by atoms with E-state index in [1.807, 2.05) is 19.1 Å². The first-order valence-corrected chi connectivity index (χ1v) is 5.66. The number of aromatic hydroxyl groups is 1. The first-order valence-electron chi connectivity index (χ1n) is 5.66. The molecule has 17 heavy (non-hydrogen) atoms. The minimum atomic E-state index is 0.182. The molecule has 0 amide bonds. The van der Waals surface area contributed by atoms with Gasteiger partial charge >= 0.3 is 0 Å². The molecule has 0 radical (unpaired) electrons. The monoisotopic (exact) mass is 232 g/mol. The summed E-state index contributed by atoms with van der Waals surface area (Å²) in [5, 5.41) is 22.9. The van der Waals surface area contributed by atoms with Crippen molar-refractivity contribution in [1.82, 2.24) is 9.78 Å². The Morgan fingerprint density at radius 1 is 1.29 bits per heavy atom. The van der Waals surface area contributed by atoms with Crippen LogP contribution in [-0.2, 0) is 6.42 Å². The van der Waals surface area contributed by atoms with Crippen LogP contribution in [0.2, 0.25) is 0 Å². The van der Waals surface area contributed by atoms with E-state index in [0.29, 0.717) is 5.69 Å². The predicted octanol–water partition coefficient (Wildman–Crippen LogP) is 1.81. The summed E-state index contributed by atoms with van der Waals surface area (Å²) in [4.78, 5) is 0. The summed E-state index contributed by atoms with van der Waals surface area (Å²) in [7, 11) is 0. The summed E-state index contributed by atoms with van der Waals surface area (Å²) in [5.74, 6) is 0.215. The van der Waals surface area contributed by atoms with Crippen molar-refractivity contribution in [2.24, 2.45) is 0 Å². The van der Waals surface area contributed by atoms with Crippen molar-refractivity contribution in [3.05, 3.63) is 41.7 Å². The minimum absolute atomic E-state index is 0.182. The molecule has 0 aliphatic carbocycles. The second-order valence-electron chi connectivity index (χ2n) is 3.98. The van der Waals surface area contributed by atoms with Gasteiger partial charge < -0.3 is 10.2 Å². The number of phenols is 1. The van der Waals surface area contributed by atoms with E-state index in [0.717, 1.165) is 24.1 Å². The third-order valence-corrected chi connectivity index (χ3v) is 2.83. The van der Waals surface area contributed by atoms with Gasteiger partial charge in [0.1, 0.15) is 11.4 Å². The number of aliphatic hydroxyl groups excluding tert-OH is 1. The Kier molecular flexibility index (Phi) is 3.44. The van der Waals surface area contributed by atoms with Crippen molar-refractivity contribution in [2.75, 3.05) is 6.61 Å². The molecule has 2 rings (SSSR count). The zero-order valence-corrected chi connectivity index (χ0v) is 9.80. The van der Waals surface area contributed by atoms with Gasteiger partial charge in [-0.25, -0.2) is 4.68 Å². The molecule has 0 aliphatic heterocycles. The average molecular weight is 232 g/mol. The fourth-order valence-corrected chi connectivity index (χ4v) is 1.84. The van der Waals surface area contributed by atoms with Gasteiger partial charge in [-0.2, -0.15) is 5.10 Å². The lowest BCUT2D eigenvalue weighted by Crippen LogP contribution is -2.00. The minimum Gasteiger partial charge on any atom is -0.506 e. The van der Waals surface area contributed by atoms with Crippen LogP contribution < -0.4 is 0 Å². The van der Waals surface area contributed by atoms with E-state index >= 15 is 0 Å². The zero-order valence-electron chi connectivity index (χ0n) is 9.80. The number of benzene rings is 1. The van der Waals surface area contributed by atoms with E-state index in [1.54, 1.807) is 23.0 Å². The molecule has 0 spiro atoms. The Bertz CT molecular complexity index is 506. The molecule has 4 nitrogen and oxygen atoms in total. The first-order chi connectivity index (χ1) is 8.24. The molecule has 0 fully saturated rings. The van der Waals surface area contributed by atoms with Crippen molar-refractivity contribution in [1.29, 1.82) is 0 Å². The maximum absolute atomic E-state index is 9.77. The normalized spacial score (nSPS) is 10.7. The Labute approximate surface area is 100 Å². The second-order valence-corrected chi connectivity index (χ2v) is 3.98. The molecule has 1 aromatic heterocycles. The van der Waals surface area contributed by atoms with Gasteiger partial charge in [0.25, 0.3) is 0 Å². The highest BCUT2D eigenvalue weighted by Gasteiger charge is 2.10. The molecule has 2 N–H and O–H groups in total. The van der Waals surface area contributed by atoms with Crippen molar-refractivity contribution >= 4 is 0 Å². The average Bonchev–Trinajstić information content (AvgIpc) is 2.69. The van der Waals surface area contributed by atoms with Gasteiger partial charge in [-0.05, 0) is 37.5 Å². The Hall–Kier alpha value is -1.81. The van der Waals surface area contributed by atoms with E-state index in [2.05, 4.69) is 5.10 Å². The standard InChI is InChI=1S/C13H16N2O2/c1-10-11(5-4-8-16)9-14-15(10)12-6-2-3-7-13(12)17/h2-3,6-7,9,16-17H,4-5,8H2,1H3. The fourth-order valence-electron chi connectivity index (χ4n) is 1.84. The molecule has 0 unspecified atom stereocenters. The smallest absolute Gasteiger partial charge is 0.141 e. The molecular formula is C13H16N2O2. The van der Waals surface area contributed by atoms with Gasteiger partial charge in [-0.1, -0.05) is 12.1 Å². The van der Waals surface area contributed by atoms with E-state index in [4.69, 9.17) is 5.11 Å². The van der Waals surface area contributed by atoms with Gasteiger partial charge in [0.15, 0.2) is 0 Å². The van der Waals surface area contributed by atoms with Gasteiger partial charge in [0.2, 0.25) is 0 Å². The number of aliphatic hydroxyl groups is 1. The molecule has 4 heteroatoms. The summed E-state index contributed by atoms with van der Waals surface area (Å²) in [6.07, 6.45) is 3.32. The summed E-state index contributed by atoms with van der Waals surface area (Å²) >= 11 is 0. The number of rotatable bonds is 4. The van der Waals surface area contributed by atoms with Crippen LogP contribution in [0.3, 0.4) is 0 Å². The van der Waals surface area contributed by atoms with Crippen LogP contribution in [0.5, 0.6) is 5.75 Å². The lowest BCUT2D eigenvalue weighted by molar-refractivity contribution is 0.288. The number of hydrogen-bond donors (Lipinski definition) is 2. The molecule has 0 bridgehead atoms. The quantitative estimate of drug-likeness (QED) is 0.845. The largest absolute Gasteiger partial charge is 0.506 e. The number of hydrogen-bond acceptors (Lipinski definition) is 3. The van der Waals surface area contributed by atoms with Crippen LogP contribution in [0, 0.1) is 6.92 Å². The topological polar surface area (TPSA) is 58.3 Å². The molecule has 2 aromatic rings. The molecule has 0 atom stereocenters. The number of aryl methyl sites for hydroxylation is 1. The molecular weight excluding hydrogens is 216 g/mol. The lowest BCUT2D eigenvalue weighted by atomic mass is 10.1. The van der Waals surface area contributed by atoms with Crippen LogP contribution >= 0.6 is 0 Å². The molecule has 1 heterocycles. The number of aromatic nitrogens is 2. The third-order valence-electron chi connectivity index (χ3n) is 2.83. The number of para-hydroxylation sites is 2. The molecule has 0 aliphatic rings. The SMILES string of the molecule is Cc1c(CCCO)cnn1-c1ccccc1O. The highest BCUT2D eigenvalue weighted by Crippen LogP contribution is 2.23. The summed E-state index contributed by atoms with van der Waals surface area (Å²) in [6.45, 7) is 2.15. The third kappa shape index (κ3) is 2.31. The highest BCUT2D eigenvalue weighted by atomic mass is 16.3. The van der Waals surface area contributed by atoms with E-state index < -0.39 is 0 Å². The van der Waals surface area contributed by atoms with E-state index in [-0.39, 0.29) is 12.4 Å². The van der Waals surface area contributed by atoms with Crippen LogP contribution in [0.1, 0.15) is 17.7 Å². The van der Waals surface area contributed by atoms with E-state index in [1.165, 1.54) is 0 Å². The number of nitrogens with zero attached hydrogens (tertiary/aromatic N) is 2. The summed E-state index contributed by atoms with van der Waals surface area (Å²) in [5.41, 5.74) is 2.78.